The molecule has 0 aromatic carbocycles. The van der Waals surface area contributed by atoms with Gasteiger partial charge < -0.3 is 50.9 Å². The standard InChI is InChI=1S/C53H88N7O17P3S/c1-4-5-6-7-8-9-10-11-12-13-14-15-16-17-18-19-20-21-22-23-24-25-26-27-28-29-30-31-32-33-44(62)81-37-36-55-43(61)34-35-56-51(65)48(64)53(2,3)39-74-80(71,72)77-79(69,70)73-38-42-47(76-78(66,67)68)46(63)52(75-42)60-41-59-45-49(54)57-40-58-50(45)60/h5-6,8-9,11-12,14-15,17-18,40-42,46-48,52,63-64H,4,7,10,13,16,19-39H2,1-3H3,(H,55,61)(H,56,65)(H,69,70)(H,71,72)(H2,54,57,58)(H2,66,67,68)/b6-5-,9-8-,12-11-,15-14-,18-17-/t42-,46-,47-,48+,52-/m1/s1. The third-order valence-corrected chi connectivity index (χ3v) is 16.7. The number of amides is 2. The van der Waals surface area contributed by atoms with Crippen LogP contribution in [0.4, 0.5) is 5.82 Å². The molecule has 0 aliphatic carbocycles. The fraction of sp³-hybridized carbons (Fsp3) is 0.660. The van der Waals surface area contributed by atoms with E-state index in [1.165, 1.54) is 78.1 Å². The first-order valence-electron chi connectivity index (χ1n) is 27.9. The predicted octanol–water partition coefficient (Wildman–Crippen LogP) is 9.27. The van der Waals surface area contributed by atoms with Crippen LogP contribution in [0.2, 0.25) is 0 Å². The molecule has 458 valence electrons. The van der Waals surface area contributed by atoms with Gasteiger partial charge in [-0.05, 0) is 51.4 Å². The van der Waals surface area contributed by atoms with Crippen molar-refractivity contribution in [2.75, 3.05) is 37.8 Å². The molecule has 0 bridgehead atoms. The van der Waals surface area contributed by atoms with Gasteiger partial charge in [0.1, 0.15) is 36.3 Å². The number of carbonyl (C=O) groups excluding carboxylic acids is 3. The van der Waals surface area contributed by atoms with Gasteiger partial charge in [0.2, 0.25) is 11.8 Å². The molecule has 1 aliphatic rings. The van der Waals surface area contributed by atoms with Gasteiger partial charge in [-0.15, -0.1) is 0 Å². The molecule has 3 heterocycles. The molecule has 0 radical (unpaired) electrons. The third-order valence-electron chi connectivity index (χ3n) is 12.7. The Morgan fingerprint density at radius 2 is 1.30 bits per heavy atom. The molecule has 1 saturated heterocycles. The van der Waals surface area contributed by atoms with E-state index in [9.17, 15) is 57.9 Å². The SMILES string of the molecule is CC/C=C\C/C=C\C/C=C\C/C=C\C/C=C\CCCCCCCCCCCCCCCC(=O)SCCNC(=O)CCNC(=O)[C@H](O)C(C)(C)COP(=O)(O)OP(=O)(O)OC[C@H]1O[C@@H](n2cnc3c(N)ncnc32)[C@H](O)[C@@H]1OP(=O)(O)O. The normalized spacial score (nSPS) is 19.2. The maximum atomic E-state index is 12.8. The van der Waals surface area contributed by atoms with Gasteiger partial charge >= 0.3 is 23.5 Å². The molecule has 2 aromatic rings. The molecule has 1 aliphatic heterocycles. The number of nitrogen functional groups attached to an aromatic ring is 1. The van der Waals surface area contributed by atoms with Gasteiger partial charge in [0.05, 0.1) is 19.5 Å². The number of nitrogens with two attached hydrogens (primary N) is 1. The van der Waals surface area contributed by atoms with Crippen molar-refractivity contribution in [2.24, 2.45) is 5.41 Å². The highest BCUT2D eigenvalue weighted by atomic mass is 32.2. The number of rotatable bonds is 44. The maximum Gasteiger partial charge on any atom is 0.481 e. The molecule has 2 unspecified atom stereocenters. The fourth-order valence-electron chi connectivity index (χ4n) is 8.21. The average molecular weight is 1220 g/mol. The fourth-order valence-corrected chi connectivity index (χ4v) is 11.8. The van der Waals surface area contributed by atoms with Gasteiger partial charge in [0, 0.05) is 37.1 Å². The number of phosphoric acid groups is 3. The molecule has 24 nitrogen and oxygen atoms in total. The Kier molecular flexibility index (Phi) is 34.4. The second-order valence-corrected chi connectivity index (χ2v) is 25.5. The highest BCUT2D eigenvalue weighted by Crippen LogP contribution is 2.61. The molecule has 7 atom stereocenters. The number of aliphatic hydroxyl groups is 2. The second kappa shape index (κ2) is 39.0. The largest absolute Gasteiger partial charge is 0.481 e. The molecule has 1 fully saturated rings. The molecular weight excluding hydrogens is 1130 g/mol. The number of unbranched alkanes of at least 4 members (excludes halogenated alkanes) is 13. The molecule has 2 amide bonds. The molecular formula is C53H88N7O17P3S. The lowest BCUT2D eigenvalue weighted by atomic mass is 9.87. The van der Waals surface area contributed by atoms with Crippen molar-refractivity contribution in [3.8, 4) is 0 Å². The molecule has 10 N–H and O–H groups in total. The monoisotopic (exact) mass is 1220 g/mol. The van der Waals surface area contributed by atoms with Crippen LogP contribution >= 0.6 is 35.2 Å². The Morgan fingerprint density at radius 1 is 0.753 bits per heavy atom. The zero-order valence-electron chi connectivity index (χ0n) is 47.0. The summed E-state index contributed by atoms with van der Waals surface area (Å²) < 4.78 is 62.6. The van der Waals surface area contributed by atoms with Crippen LogP contribution in [0.3, 0.4) is 0 Å². The minimum atomic E-state index is -5.58. The van der Waals surface area contributed by atoms with Gasteiger partial charge in [0.25, 0.3) is 0 Å². The molecule has 0 spiro atoms. The number of nitrogens with zero attached hydrogens (tertiary/aromatic N) is 4. The van der Waals surface area contributed by atoms with Crippen molar-refractivity contribution in [1.82, 2.24) is 30.2 Å². The number of carbonyl (C=O) groups is 3. The highest BCUT2D eigenvalue weighted by Gasteiger charge is 2.50. The van der Waals surface area contributed by atoms with Gasteiger partial charge in [0.15, 0.2) is 22.8 Å². The van der Waals surface area contributed by atoms with Crippen molar-refractivity contribution < 1.29 is 80.5 Å². The first-order chi connectivity index (χ1) is 38.6. The number of anilines is 1. The number of hydrogen-bond acceptors (Lipinski definition) is 18. The first kappa shape index (κ1) is 71.5. The number of ether oxygens (including phenoxy) is 1. The summed E-state index contributed by atoms with van der Waals surface area (Å²) in [5.74, 6) is -1.03. The van der Waals surface area contributed by atoms with E-state index >= 15 is 0 Å². The third kappa shape index (κ3) is 30.6. The van der Waals surface area contributed by atoms with Crippen LogP contribution in [0.15, 0.2) is 73.4 Å². The van der Waals surface area contributed by atoms with Crippen molar-refractivity contribution in [2.45, 2.75) is 186 Å². The number of phosphoric ester groups is 3. The highest BCUT2D eigenvalue weighted by molar-refractivity contribution is 8.13. The summed E-state index contributed by atoms with van der Waals surface area (Å²) in [4.78, 5) is 88.8. The van der Waals surface area contributed by atoms with Gasteiger partial charge in [-0.2, -0.15) is 4.31 Å². The van der Waals surface area contributed by atoms with Crippen LogP contribution in [-0.2, 0) is 50.7 Å². The Hall–Kier alpha value is -3.74. The molecule has 28 heteroatoms. The molecule has 81 heavy (non-hydrogen) atoms. The van der Waals surface area contributed by atoms with Crippen molar-refractivity contribution in [3.63, 3.8) is 0 Å². The van der Waals surface area contributed by atoms with E-state index < -0.39 is 84.6 Å². The molecule has 2 aromatic heterocycles. The summed E-state index contributed by atoms with van der Waals surface area (Å²) in [6, 6.07) is 0. The average Bonchev–Trinajstić information content (AvgIpc) is 4.11. The topological polar surface area (TPSA) is 364 Å². The second-order valence-electron chi connectivity index (χ2n) is 20.1. The van der Waals surface area contributed by atoms with Crippen LogP contribution in [0, 0.1) is 5.41 Å². The van der Waals surface area contributed by atoms with Crippen LogP contribution in [0.5, 0.6) is 0 Å². The number of aliphatic hydroxyl groups excluding tert-OH is 2. The van der Waals surface area contributed by atoms with E-state index in [2.05, 4.69) is 102 Å². The quantitative estimate of drug-likeness (QED) is 0.0169. The van der Waals surface area contributed by atoms with E-state index in [0.29, 0.717) is 12.2 Å². The predicted molar refractivity (Wildman–Crippen MR) is 311 cm³/mol. The van der Waals surface area contributed by atoms with Crippen LogP contribution in [0.1, 0.15) is 162 Å². The number of imidazole rings is 1. The summed E-state index contributed by atoms with van der Waals surface area (Å²) >= 11 is 1.16. The zero-order chi connectivity index (χ0) is 59.6. The van der Waals surface area contributed by atoms with Gasteiger partial charge in [-0.25, -0.2) is 28.6 Å². The van der Waals surface area contributed by atoms with Crippen molar-refractivity contribution in [3.05, 3.63) is 73.4 Å². The zero-order valence-corrected chi connectivity index (χ0v) is 50.5. The summed E-state index contributed by atoms with van der Waals surface area (Å²) in [6.45, 7) is 2.72. The van der Waals surface area contributed by atoms with E-state index in [1.54, 1.807) is 0 Å². The van der Waals surface area contributed by atoms with Crippen molar-refractivity contribution >= 4 is 69.1 Å². The molecule has 0 saturated carbocycles. The van der Waals surface area contributed by atoms with E-state index in [4.69, 9.17) is 19.5 Å². The number of thioether (sulfide) groups is 1. The number of hydrogen-bond donors (Lipinski definition) is 9. The lowest BCUT2D eigenvalue weighted by Gasteiger charge is -2.30. The number of fused-ring (bicyclic) bond motifs is 1. The van der Waals surface area contributed by atoms with Crippen LogP contribution in [-0.4, -0.2) is 123 Å². The van der Waals surface area contributed by atoms with E-state index in [0.717, 1.165) is 86.8 Å². The lowest BCUT2D eigenvalue weighted by molar-refractivity contribution is -0.137. The number of nitrogens with one attached hydrogen (secondary N) is 2. The van der Waals surface area contributed by atoms with Crippen LogP contribution < -0.4 is 16.4 Å². The minimum absolute atomic E-state index is 0.0328. The summed E-state index contributed by atoms with van der Waals surface area (Å²) in [7, 11) is -16.4. The first-order valence-corrected chi connectivity index (χ1v) is 33.4. The van der Waals surface area contributed by atoms with Crippen LogP contribution in [0.25, 0.3) is 11.2 Å². The Labute approximate surface area is 480 Å². The van der Waals surface area contributed by atoms with Crippen molar-refractivity contribution in [1.29, 1.82) is 0 Å². The minimum Gasteiger partial charge on any atom is -0.386 e. The maximum absolute atomic E-state index is 12.8. The van der Waals surface area contributed by atoms with E-state index in [1.807, 2.05) is 0 Å². The smallest absolute Gasteiger partial charge is 0.386 e. The Morgan fingerprint density at radius 3 is 1.88 bits per heavy atom. The summed E-state index contributed by atoms with van der Waals surface area (Å²) in [6.07, 6.45) is 37.8. The Bertz CT molecular complexity index is 2490. The lowest BCUT2D eigenvalue weighted by Crippen LogP contribution is -2.46. The van der Waals surface area contributed by atoms with E-state index in [-0.39, 0.29) is 41.6 Å². The summed E-state index contributed by atoms with van der Waals surface area (Å²) in [5, 5.41) is 26.8. The number of aromatic nitrogens is 4. The molecule has 3 rings (SSSR count). The number of allylic oxidation sites excluding steroid dienone is 10. The Balaban J connectivity index is 1.16. The van der Waals surface area contributed by atoms with Gasteiger partial charge in [-0.1, -0.05) is 164 Å². The van der Waals surface area contributed by atoms with Gasteiger partial charge in [-0.3, -0.25) is 32.5 Å². The summed E-state index contributed by atoms with van der Waals surface area (Å²) in [5.41, 5.74) is 4.29.